The highest BCUT2D eigenvalue weighted by molar-refractivity contribution is 7.91. The van der Waals surface area contributed by atoms with Crippen molar-refractivity contribution in [1.29, 1.82) is 0 Å². The van der Waals surface area contributed by atoms with Gasteiger partial charge in [0.15, 0.2) is 9.84 Å². The van der Waals surface area contributed by atoms with E-state index in [0.29, 0.717) is 6.42 Å². The molecule has 2 aliphatic rings. The highest BCUT2D eigenvalue weighted by Gasteiger charge is 2.29. The predicted molar refractivity (Wildman–Crippen MR) is 89.4 cm³/mol. The van der Waals surface area contributed by atoms with Gasteiger partial charge in [-0.15, -0.1) is 11.3 Å². The van der Waals surface area contributed by atoms with Crippen LogP contribution in [-0.4, -0.2) is 35.9 Å². The van der Waals surface area contributed by atoms with Crippen LogP contribution in [0.15, 0.2) is 6.33 Å². The number of sulfone groups is 1. The summed E-state index contributed by atoms with van der Waals surface area (Å²) in [6.07, 6.45) is 8.21. The van der Waals surface area contributed by atoms with Crippen molar-refractivity contribution in [2.45, 2.75) is 44.6 Å². The number of hydrogen-bond acceptors (Lipinski definition) is 6. The maximum Gasteiger partial charge on any atom is 0.152 e. The Morgan fingerprint density at radius 3 is 2.86 bits per heavy atom. The molecule has 22 heavy (non-hydrogen) atoms. The van der Waals surface area contributed by atoms with Crippen molar-refractivity contribution in [2.24, 2.45) is 0 Å². The van der Waals surface area contributed by atoms with E-state index >= 15 is 0 Å². The largest absolute Gasteiger partial charge is 0.366 e. The van der Waals surface area contributed by atoms with Crippen LogP contribution in [0.4, 0.5) is 5.82 Å². The van der Waals surface area contributed by atoms with Crippen molar-refractivity contribution in [3.63, 3.8) is 0 Å². The summed E-state index contributed by atoms with van der Waals surface area (Å²) in [6, 6.07) is -0.0237. The summed E-state index contributed by atoms with van der Waals surface area (Å²) in [6.45, 7) is 0. The van der Waals surface area contributed by atoms with Gasteiger partial charge in [0.2, 0.25) is 0 Å². The molecule has 5 nitrogen and oxygen atoms in total. The molecule has 0 aromatic carbocycles. The quantitative estimate of drug-likeness (QED) is 0.853. The van der Waals surface area contributed by atoms with Crippen LogP contribution in [0.2, 0.25) is 0 Å². The monoisotopic (exact) mass is 337 g/mol. The summed E-state index contributed by atoms with van der Waals surface area (Å²) < 4.78 is 23.3. The molecule has 0 saturated carbocycles. The standard InChI is InChI=1S/C15H19N3O2S2/c19-22(20)7-6-10(8-22)18-14-13-11-4-2-1-3-5-12(11)21-15(13)17-9-16-14/h9-10H,1-8H2,(H,16,17,18). The number of aromatic nitrogens is 2. The molecular weight excluding hydrogens is 318 g/mol. The van der Waals surface area contributed by atoms with Crippen molar-refractivity contribution in [3.05, 3.63) is 16.8 Å². The van der Waals surface area contributed by atoms with E-state index in [1.165, 1.54) is 29.7 Å². The molecule has 1 aliphatic carbocycles. The second-order valence-corrected chi connectivity index (χ2v) is 9.52. The predicted octanol–water partition coefficient (Wildman–Crippen LogP) is 2.56. The molecule has 3 heterocycles. The molecule has 1 aliphatic heterocycles. The van der Waals surface area contributed by atoms with E-state index in [-0.39, 0.29) is 17.5 Å². The van der Waals surface area contributed by atoms with E-state index in [2.05, 4.69) is 15.3 Å². The molecule has 0 amide bonds. The maximum atomic E-state index is 11.7. The van der Waals surface area contributed by atoms with Crippen molar-refractivity contribution in [3.8, 4) is 0 Å². The van der Waals surface area contributed by atoms with Crippen molar-refractivity contribution >= 4 is 37.2 Å². The van der Waals surface area contributed by atoms with Gasteiger partial charge in [0.25, 0.3) is 0 Å². The minimum absolute atomic E-state index is 0.0237. The summed E-state index contributed by atoms with van der Waals surface area (Å²) in [5, 5.41) is 4.51. The van der Waals surface area contributed by atoms with E-state index in [1.54, 1.807) is 17.7 Å². The molecule has 0 radical (unpaired) electrons. The average molecular weight is 337 g/mol. The number of hydrogen-bond donors (Lipinski definition) is 1. The van der Waals surface area contributed by atoms with Crippen LogP contribution in [0.1, 0.15) is 36.1 Å². The van der Waals surface area contributed by atoms with Crippen molar-refractivity contribution in [2.75, 3.05) is 16.8 Å². The number of nitrogens with one attached hydrogen (secondary N) is 1. The summed E-state index contributed by atoms with van der Waals surface area (Å²) >= 11 is 1.78. The third-order valence-electron chi connectivity index (χ3n) is 4.57. The number of fused-ring (bicyclic) bond motifs is 3. The van der Waals surface area contributed by atoms with E-state index < -0.39 is 9.84 Å². The summed E-state index contributed by atoms with van der Waals surface area (Å²) in [4.78, 5) is 11.3. The van der Waals surface area contributed by atoms with Crippen LogP contribution >= 0.6 is 11.3 Å². The molecule has 4 rings (SSSR count). The van der Waals surface area contributed by atoms with Gasteiger partial charge in [0.05, 0.1) is 16.9 Å². The fourth-order valence-corrected chi connectivity index (χ4v) is 6.38. The van der Waals surface area contributed by atoms with E-state index in [4.69, 9.17) is 0 Å². The van der Waals surface area contributed by atoms with Crippen LogP contribution in [0, 0.1) is 0 Å². The fraction of sp³-hybridized carbons (Fsp3) is 0.600. The van der Waals surface area contributed by atoms with Gasteiger partial charge in [-0.2, -0.15) is 0 Å². The lowest BCUT2D eigenvalue weighted by Crippen LogP contribution is -2.21. The van der Waals surface area contributed by atoms with Crippen LogP contribution in [-0.2, 0) is 22.7 Å². The molecule has 118 valence electrons. The second kappa shape index (κ2) is 5.45. The third-order valence-corrected chi connectivity index (χ3v) is 7.54. The Labute approximate surface area is 134 Å². The fourth-order valence-electron chi connectivity index (χ4n) is 3.48. The zero-order valence-corrected chi connectivity index (χ0v) is 14.0. The molecule has 2 aromatic heterocycles. The Bertz CT molecular complexity index is 814. The minimum atomic E-state index is -2.88. The lowest BCUT2D eigenvalue weighted by atomic mass is 10.1. The van der Waals surface area contributed by atoms with Crippen molar-refractivity contribution in [1.82, 2.24) is 9.97 Å². The molecule has 1 N–H and O–H groups in total. The Morgan fingerprint density at radius 1 is 1.18 bits per heavy atom. The Balaban J connectivity index is 1.73. The second-order valence-electron chi connectivity index (χ2n) is 6.21. The number of aryl methyl sites for hydroxylation is 2. The van der Waals surface area contributed by atoms with E-state index in [9.17, 15) is 8.42 Å². The van der Waals surface area contributed by atoms with Crippen LogP contribution in [0.3, 0.4) is 0 Å². The van der Waals surface area contributed by atoms with Gasteiger partial charge in [-0.3, -0.25) is 0 Å². The lowest BCUT2D eigenvalue weighted by molar-refractivity contribution is 0.602. The molecular formula is C15H19N3O2S2. The molecule has 2 aromatic rings. The smallest absolute Gasteiger partial charge is 0.152 e. The topological polar surface area (TPSA) is 72.0 Å². The van der Waals surface area contributed by atoms with Gasteiger partial charge >= 0.3 is 0 Å². The first-order chi connectivity index (χ1) is 10.6. The van der Waals surface area contributed by atoms with Crippen LogP contribution < -0.4 is 5.32 Å². The zero-order valence-electron chi connectivity index (χ0n) is 12.3. The number of anilines is 1. The molecule has 7 heteroatoms. The minimum Gasteiger partial charge on any atom is -0.366 e. The molecule has 0 bridgehead atoms. The highest BCUT2D eigenvalue weighted by atomic mass is 32.2. The van der Waals surface area contributed by atoms with Gasteiger partial charge in [0.1, 0.15) is 17.0 Å². The maximum absolute atomic E-state index is 11.7. The van der Waals surface area contributed by atoms with Gasteiger partial charge in [-0.05, 0) is 37.7 Å². The molecule has 0 spiro atoms. The number of thiophene rings is 1. The normalized spacial score (nSPS) is 24.1. The van der Waals surface area contributed by atoms with E-state index in [1.807, 2.05) is 0 Å². The molecule has 1 fully saturated rings. The molecule has 1 atom stereocenters. The first-order valence-corrected chi connectivity index (χ1v) is 10.5. The lowest BCUT2D eigenvalue weighted by Gasteiger charge is -2.13. The average Bonchev–Trinajstić information content (AvgIpc) is 2.91. The third kappa shape index (κ3) is 2.60. The zero-order chi connectivity index (χ0) is 15.2. The first-order valence-electron chi connectivity index (χ1n) is 7.84. The molecule has 1 unspecified atom stereocenters. The van der Waals surface area contributed by atoms with Crippen LogP contribution in [0.5, 0.6) is 0 Å². The van der Waals surface area contributed by atoms with Gasteiger partial charge in [0, 0.05) is 10.9 Å². The Morgan fingerprint density at radius 2 is 2.05 bits per heavy atom. The summed E-state index contributed by atoms with van der Waals surface area (Å²) in [5.74, 6) is 1.32. The molecule has 1 saturated heterocycles. The number of nitrogens with zero attached hydrogens (tertiary/aromatic N) is 2. The Kier molecular flexibility index (Phi) is 3.57. The SMILES string of the molecule is O=S1(=O)CCC(Nc2ncnc3sc4c(c23)CCCCC4)C1. The summed E-state index contributed by atoms with van der Waals surface area (Å²) in [5.41, 5.74) is 1.39. The highest BCUT2D eigenvalue weighted by Crippen LogP contribution is 2.37. The van der Waals surface area contributed by atoms with Gasteiger partial charge in [-0.1, -0.05) is 6.42 Å². The van der Waals surface area contributed by atoms with Crippen molar-refractivity contribution < 1.29 is 8.42 Å². The number of rotatable bonds is 2. The Hall–Kier alpha value is -1.21. The summed E-state index contributed by atoms with van der Waals surface area (Å²) in [7, 11) is -2.88. The van der Waals surface area contributed by atoms with Gasteiger partial charge in [-0.25, -0.2) is 18.4 Å². The van der Waals surface area contributed by atoms with Crippen LogP contribution in [0.25, 0.3) is 10.2 Å². The first kappa shape index (κ1) is 14.4. The van der Waals surface area contributed by atoms with E-state index in [0.717, 1.165) is 28.9 Å². The van der Waals surface area contributed by atoms with Gasteiger partial charge < -0.3 is 5.32 Å².